The molecule has 2 heterocycles. The molecule has 7 heteroatoms. The van der Waals surface area contributed by atoms with Crippen LogP contribution in [0.1, 0.15) is 5.56 Å². The van der Waals surface area contributed by atoms with Gasteiger partial charge in [-0.3, -0.25) is 4.79 Å². The predicted molar refractivity (Wildman–Crippen MR) is 94.4 cm³/mol. The number of H-pyrrole nitrogens is 2. The van der Waals surface area contributed by atoms with Crippen LogP contribution in [-0.4, -0.2) is 15.0 Å². The molecule has 0 bridgehead atoms. The lowest BCUT2D eigenvalue weighted by Crippen LogP contribution is -2.11. The van der Waals surface area contributed by atoms with Crippen LogP contribution in [0.3, 0.4) is 0 Å². The molecule has 0 atom stereocenters. The van der Waals surface area contributed by atoms with Crippen molar-refractivity contribution in [2.75, 3.05) is 0 Å². The summed E-state index contributed by atoms with van der Waals surface area (Å²) in [5, 5.41) is 10.5. The lowest BCUT2D eigenvalue weighted by Gasteiger charge is -2.03. The minimum absolute atomic E-state index is 0.246. The van der Waals surface area contributed by atoms with E-state index in [1.54, 1.807) is 36.4 Å². The van der Waals surface area contributed by atoms with Gasteiger partial charge in [0, 0.05) is 10.9 Å². The highest BCUT2D eigenvalue weighted by molar-refractivity contribution is 6.42. The van der Waals surface area contributed by atoms with E-state index in [0.717, 1.165) is 10.9 Å². The summed E-state index contributed by atoms with van der Waals surface area (Å²) in [6.45, 7) is 0. The monoisotopic (exact) mass is 354 g/mol. The molecule has 0 amide bonds. The average molecular weight is 355 g/mol. The lowest BCUT2D eigenvalue weighted by atomic mass is 10.2. The molecular formula is C17H8Cl2N4O. The van der Waals surface area contributed by atoms with E-state index in [1.165, 1.54) is 0 Å². The van der Waals surface area contributed by atoms with Crippen molar-refractivity contribution in [2.45, 2.75) is 0 Å². The Morgan fingerprint density at radius 1 is 1.00 bits per heavy atom. The van der Waals surface area contributed by atoms with Crippen molar-refractivity contribution in [3.63, 3.8) is 0 Å². The highest BCUT2D eigenvalue weighted by Crippen LogP contribution is 2.27. The third kappa shape index (κ3) is 2.33. The maximum Gasteiger partial charge on any atom is 0.276 e. The zero-order valence-electron chi connectivity index (χ0n) is 12.0. The van der Waals surface area contributed by atoms with Gasteiger partial charge in [0.2, 0.25) is 0 Å². The van der Waals surface area contributed by atoms with Crippen LogP contribution in [0.15, 0.2) is 41.2 Å². The number of hydrogen-bond acceptors (Lipinski definition) is 3. The Labute approximate surface area is 145 Å². The number of aromatic amines is 2. The summed E-state index contributed by atoms with van der Waals surface area (Å²) in [6.07, 6.45) is 0. The van der Waals surface area contributed by atoms with Gasteiger partial charge in [-0.2, -0.15) is 5.26 Å². The molecule has 0 saturated carbocycles. The zero-order chi connectivity index (χ0) is 16.8. The molecule has 0 unspecified atom stereocenters. The van der Waals surface area contributed by atoms with Crippen molar-refractivity contribution < 1.29 is 0 Å². The number of halogens is 2. The molecule has 0 saturated heterocycles. The van der Waals surface area contributed by atoms with E-state index in [-0.39, 0.29) is 11.3 Å². The van der Waals surface area contributed by atoms with Crippen LogP contribution in [-0.2, 0) is 0 Å². The summed E-state index contributed by atoms with van der Waals surface area (Å²) >= 11 is 12.0. The fourth-order valence-corrected chi connectivity index (χ4v) is 2.92. The molecule has 2 N–H and O–H groups in total. The Morgan fingerprint density at radius 2 is 1.79 bits per heavy atom. The van der Waals surface area contributed by atoms with Gasteiger partial charge >= 0.3 is 0 Å². The largest absolute Gasteiger partial charge is 0.353 e. The average Bonchev–Trinajstić information content (AvgIpc) is 2.98. The van der Waals surface area contributed by atoms with Gasteiger partial charge in [0.15, 0.2) is 5.69 Å². The molecule has 2 aromatic heterocycles. The number of fused-ring (bicyclic) bond motifs is 2. The SMILES string of the molecule is N#Cc1ccc2[nH]c(-c3nc4cc(Cl)c(Cl)cc4[nH]c3=O)cc2c1. The summed E-state index contributed by atoms with van der Waals surface area (Å²) < 4.78 is 0. The topological polar surface area (TPSA) is 85.3 Å². The molecule has 4 rings (SSSR count). The smallest absolute Gasteiger partial charge is 0.276 e. The lowest BCUT2D eigenvalue weighted by molar-refractivity contribution is 1.20. The maximum atomic E-state index is 12.4. The van der Waals surface area contributed by atoms with E-state index >= 15 is 0 Å². The van der Waals surface area contributed by atoms with Crippen LogP contribution >= 0.6 is 23.2 Å². The number of hydrogen-bond donors (Lipinski definition) is 2. The van der Waals surface area contributed by atoms with Crippen molar-refractivity contribution in [2.24, 2.45) is 0 Å². The van der Waals surface area contributed by atoms with Gasteiger partial charge in [0.1, 0.15) is 0 Å². The number of nitriles is 1. The molecule has 0 aliphatic heterocycles. The standard InChI is InChI=1S/C17H8Cl2N4O/c18-10-5-13-14(6-11(10)19)23-17(24)16(22-13)15-4-9-3-8(7-20)1-2-12(9)21-15/h1-6,21H,(H,23,24). The number of benzene rings is 2. The van der Waals surface area contributed by atoms with Crippen LogP contribution in [0.2, 0.25) is 10.0 Å². The predicted octanol–water partition coefficient (Wildman–Crippen LogP) is 4.25. The summed E-state index contributed by atoms with van der Waals surface area (Å²) in [5.74, 6) is 0. The van der Waals surface area contributed by atoms with Crippen molar-refractivity contribution in [1.29, 1.82) is 5.26 Å². The van der Waals surface area contributed by atoms with Gasteiger partial charge in [0.25, 0.3) is 5.56 Å². The zero-order valence-corrected chi connectivity index (χ0v) is 13.5. The molecule has 0 fully saturated rings. The Bertz CT molecular complexity index is 1220. The first-order valence-corrected chi connectivity index (χ1v) is 7.73. The Balaban J connectivity index is 1.95. The quantitative estimate of drug-likeness (QED) is 0.535. The third-order valence-electron chi connectivity index (χ3n) is 3.74. The second-order valence-electron chi connectivity index (χ2n) is 5.29. The summed E-state index contributed by atoms with van der Waals surface area (Å²) in [4.78, 5) is 22.7. The molecule has 0 aliphatic rings. The maximum absolute atomic E-state index is 12.4. The van der Waals surface area contributed by atoms with Crippen LogP contribution in [0.4, 0.5) is 0 Å². The second kappa shape index (κ2) is 5.38. The van der Waals surface area contributed by atoms with E-state index in [4.69, 9.17) is 28.5 Å². The van der Waals surface area contributed by atoms with Crippen LogP contribution in [0.5, 0.6) is 0 Å². The Kier molecular flexibility index (Phi) is 3.31. The van der Waals surface area contributed by atoms with E-state index in [1.807, 2.05) is 0 Å². The van der Waals surface area contributed by atoms with Crippen LogP contribution in [0, 0.1) is 11.3 Å². The third-order valence-corrected chi connectivity index (χ3v) is 4.46. The van der Waals surface area contributed by atoms with E-state index in [9.17, 15) is 4.79 Å². The molecule has 5 nitrogen and oxygen atoms in total. The second-order valence-corrected chi connectivity index (χ2v) is 6.11. The van der Waals surface area contributed by atoms with Crippen molar-refractivity contribution in [3.05, 3.63) is 62.4 Å². The number of rotatable bonds is 1. The van der Waals surface area contributed by atoms with E-state index < -0.39 is 0 Å². The van der Waals surface area contributed by atoms with Gasteiger partial charge in [0.05, 0.1) is 38.4 Å². The Hall–Kier alpha value is -2.81. The summed E-state index contributed by atoms with van der Waals surface area (Å²) in [7, 11) is 0. The van der Waals surface area contributed by atoms with Crippen molar-refractivity contribution in [1.82, 2.24) is 15.0 Å². The molecular weight excluding hydrogens is 347 g/mol. The molecule has 2 aromatic carbocycles. The number of nitrogens with zero attached hydrogens (tertiary/aromatic N) is 2. The van der Waals surface area contributed by atoms with E-state index in [2.05, 4.69) is 21.0 Å². The molecule has 0 aliphatic carbocycles. The van der Waals surface area contributed by atoms with Crippen molar-refractivity contribution >= 4 is 45.1 Å². The first-order valence-electron chi connectivity index (χ1n) is 6.97. The molecule has 0 spiro atoms. The normalized spacial score (nSPS) is 11.0. The molecule has 0 radical (unpaired) electrons. The first-order chi connectivity index (χ1) is 11.5. The van der Waals surface area contributed by atoms with Gasteiger partial charge in [-0.1, -0.05) is 23.2 Å². The number of nitrogens with one attached hydrogen (secondary N) is 2. The van der Waals surface area contributed by atoms with Gasteiger partial charge in [-0.25, -0.2) is 4.98 Å². The molecule has 24 heavy (non-hydrogen) atoms. The molecule has 116 valence electrons. The Morgan fingerprint density at radius 3 is 2.58 bits per heavy atom. The summed E-state index contributed by atoms with van der Waals surface area (Å²) in [6, 6.07) is 12.3. The highest BCUT2D eigenvalue weighted by Gasteiger charge is 2.12. The van der Waals surface area contributed by atoms with Gasteiger partial charge in [-0.05, 0) is 36.4 Å². The molecule has 4 aromatic rings. The van der Waals surface area contributed by atoms with Gasteiger partial charge in [-0.15, -0.1) is 0 Å². The minimum Gasteiger partial charge on any atom is -0.353 e. The summed E-state index contributed by atoms with van der Waals surface area (Å²) in [5.41, 5.74) is 2.89. The highest BCUT2D eigenvalue weighted by atomic mass is 35.5. The van der Waals surface area contributed by atoms with Gasteiger partial charge < -0.3 is 9.97 Å². The number of aromatic nitrogens is 3. The first kappa shape index (κ1) is 14.8. The van der Waals surface area contributed by atoms with Crippen LogP contribution < -0.4 is 5.56 Å². The fourth-order valence-electron chi connectivity index (χ4n) is 2.59. The van der Waals surface area contributed by atoms with Crippen LogP contribution in [0.25, 0.3) is 33.3 Å². The van der Waals surface area contributed by atoms with Crippen molar-refractivity contribution in [3.8, 4) is 17.5 Å². The van der Waals surface area contributed by atoms with E-state index in [0.29, 0.717) is 32.3 Å². The minimum atomic E-state index is -0.340. The fraction of sp³-hybridized carbons (Fsp3) is 0.